The van der Waals surface area contributed by atoms with Crippen molar-refractivity contribution in [3.05, 3.63) is 35.4 Å². The molecule has 0 spiro atoms. The molecule has 21 heavy (non-hydrogen) atoms. The Morgan fingerprint density at radius 1 is 1.43 bits per heavy atom. The minimum atomic E-state index is -0.274. The third kappa shape index (κ3) is 3.04. The molecule has 2 amide bonds. The van der Waals surface area contributed by atoms with Crippen molar-refractivity contribution in [2.24, 2.45) is 0 Å². The molecule has 0 aromatic heterocycles. The van der Waals surface area contributed by atoms with E-state index >= 15 is 0 Å². The second-order valence-corrected chi connectivity index (χ2v) is 5.94. The zero-order valence-electron chi connectivity index (χ0n) is 12.3. The van der Waals surface area contributed by atoms with Crippen LogP contribution in [0.2, 0.25) is 0 Å². The number of carbonyl (C=O) groups is 1. The van der Waals surface area contributed by atoms with Crippen molar-refractivity contribution in [2.45, 2.75) is 31.5 Å². The molecule has 2 aliphatic rings. The Labute approximate surface area is 124 Å². The Bertz CT molecular complexity index is 520. The fourth-order valence-corrected chi connectivity index (χ4v) is 3.18. The zero-order valence-corrected chi connectivity index (χ0v) is 12.3. The van der Waals surface area contributed by atoms with Gasteiger partial charge in [-0.15, -0.1) is 0 Å². The molecule has 2 N–H and O–H groups in total. The summed E-state index contributed by atoms with van der Waals surface area (Å²) in [7, 11) is 0. The van der Waals surface area contributed by atoms with Crippen LogP contribution in [-0.4, -0.2) is 54.5 Å². The first kappa shape index (κ1) is 14.4. The highest BCUT2D eigenvalue weighted by Gasteiger charge is 2.30. The van der Waals surface area contributed by atoms with Gasteiger partial charge in [0.15, 0.2) is 0 Å². The van der Waals surface area contributed by atoms with E-state index in [2.05, 4.69) is 23.5 Å². The van der Waals surface area contributed by atoms with Crippen LogP contribution >= 0.6 is 0 Å². The summed E-state index contributed by atoms with van der Waals surface area (Å²) >= 11 is 0. The van der Waals surface area contributed by atoms with Crippen LogP contribution in [0.5, 0.6) is 0 Å². The molecule has 3 rings (SSSR count). The number of fused-ring (bicyclic) bond motifs is 1. The molecular formula is C16H22N2O3. The summed E-state index contributed by atoms with van der Waals surface area (Å²) in [5, 5.41) is 12.2. The van der Waals surface area contributed by atoms with Crippen LogP contribution in [0.1, 0.15) is 24.0 Å². The van der Waals surface area contributed by atoms with Gasteiger partial charge in [-0.05, 0) is 24.5 Å². The number of nitrogens with one attached hydrogen (secondary N) is 1. The average molecular weight is 290 g/mol. The summed E-state index contributed by atoms with van der Waals surface area (Å²) in [5.74, 6) is 0.428. The van der Waals surface area contributed by atoms with Crippen LogP contribution in [0, 0.1) is 0 Å². The zero-order chi connectivity index (χ0) is 14.8. The van der Waals surface area contributed by atoms with Crippen LogP contribution in [0.25, 0.3) is 0 Å². The molecule has 1 aliphatic heterocycles. The number of benzene rings is 1. The summed E-state index contributed by atoms with van der Waals surface area (Å²) in [4.78, 5) is 14.0. The van der Waals surface area contributed by atoms with Crippen molar-refractivity contribution in [3.63, 3.8) is 0 Å². The van der Waals surface area contributed by atoms with Crippen molar-refractivity contribution in [1.82, 2.24) is 10.2 Å². The van der Waals surface area contributed by atoms with Crippen molar-refractivity contribution < 1.29 is 14.6 Å². The van der Waals surface area contributed by atoms with Gasteiger partial charge < -0.3 is 20.1 Å². The monoisotopic (exact) mass is 290 g/mol. The lowest BCUT2D eigenvalue weighted by Gasteiger charge is -2.37. The first-order chi connectivity index (χ1) is 10.2. The number of hydrogen-bond acceptors (Lipinski definition) is 3. The van der Waals surface area contributed by atoms with E-state index in [-0.39, 0.29) is 24.8 Å². The van der Waals surface area contributed by atoms with Gasteiger partial charge in [0.2, 0.25) is 0 Å². The summed E-state index contributed by atoms with van der Waals surface area (Å²) in [6, 6.07) is 8.31. The Balaban J connectivity index is 1.51. The maximum Gasteiger partial charge on any atom is 0.317 e. The highest BCUT2D eigenvalue weighted by atomic mass is 16.5. The smallest absolute Gasteiger partial charge is 0.317 e. The van der Waals surface area contributed by atoms with Crippen molar-refractivity contribution in [1.29, 1.82) is 0 Å². The number of aliphatic hydroxyl groups is 1. The Morgan fingerprint density at radius 2 is 2.24 bits per heavy atom. The number of ether oxygens (including phenoxy) is 1. The van der Waals surface area contributed by atoms with E-state index < -0.39 is 0 Å². The lowest BCUT2D eigenvalue weighted by molar-refractivity contribution is -0.0833. The molecule has 1 aromatic rings. The van der Waals surface area contributed by atoms with E-state index in [1.54, 1.807) is 4.90 Å². The van der Waals surface area contributed by atoms with Gasteiger partial charge in [0.25, 0.3) is 0 Å². The first-order valence-corrected chi connectivity index (χ1v) is 7.54. The number of nitrogens with zero attached hydrogens (tertiary/aromatic N) is 1. The molecule has 1 saturated heterocycles. The van der Waals surface area contributed by atoms with Crippen molar-refractivity contribution >= 4 is 6.03 Å². The lowest BCUT2D eigenvalue weighted by Crippen LogP contribution is -2.53. The van der Waals surface area contributed by atoms with Gasteiger partial charge >= 0.3 is 6.03 Å². The Kier molecular flexibility index (Phi) is 4.12. The van der Waals surface area contributed by atoms with Gasteiger partial charge in [0.1, 0.15) is 0 Å². The molecule has 114 valence electrons. The van der Waals surface area contributed by atoms with Gasteiger partial charge in [-0.25, -0.2) is 4.79 Å². The second kappa shape index (κ2) is 6.03. The lowest BCUT2D eigenvalue weighted by atomic mass is 9.78. The molecule has 1 heterocycles. The van der Waals surface area contributed by atoms with Gasteiger partial charge in [0, 0.05) is 19.0 Å². The van der Waals surface area contributed by atoms with E-state index in [9.17, 15) is 9.90 Å². The van der Waals surface area contributed by atoms with Crippen molar-refractivity contribution in [3.8, 4) is 0 Å². The van der Waals surface area contributed by atoms with E-state index in [4.69, 9.17) is 4.74 Å². The molecule has 1 fully saturated rings. The third-order valence-corrected chi connectivity index (χ3v) is 4.28. The van der Waals surface area contributed by atoms with Gasteiger partial charge in [-0.2, -0.15) is 0 Å². The molecule has 1 aliphatic carbocycles. The predicted octanol–water partition coefficient (Wildman–Crippen LogP) is 1.12. The molecule has 1 aromatic carbocycles. The average Bonchev–Trinajstić information content (AvgIpc) is 2.47. The SMILES string of the molecule is C[C@@H]1CN(C(=O)NC[C@@H]2Cc3ccccc32)C[C@H](CO)O1. The molecule has 3 atom stereocenters. The van der Waals surface area contributed by atoms with E-state index in [0.717, 1.165) is 6.42 Å². The molecule has 0 unspecified atom stereocenters. The Morgan fingerprint density at radius 3 is 3.00 bits per heavy atom. The molecule has 0 saturated carbocycles. The molecule has 0 radical (unpaired) electrons. The van der Waals surface area contributed by atoms with Crippen molar-refractivity contribution in [2.75, 3.05) is 26.2 Å². The van der Waals surface area contributed by atoms with Gasteiger partial charge in [-0.3, -0.25) is 0 Å². The van der Waals surface area contributed by atoms with Crippen LogP contribution in [0.15, 0.2) is 24.3 Å². The van der Waals surface area contributed by atoms with Gasteiger partial charge in [0.05, 0.1) is 25.4 Å². The van der Waals surface area contributed by atoms with Crippen LogP contribution in [0.3, 0.4) is 0 Å². The number of urea groups is 1. The van der Waals surface area contributed by atoms with Crippen LogP contribution in [0.4, 0.5) is 4.79 Å². The first-order valence-electron chi connectivity index (χ1n) is 7.54. The van der Waals surface area contributed by atoms with E-state index in [0.29, 0.717) is 25.6 Å². The number of morpholine rings is 1. The molecule has 0 bridgehead atoms. The largest absolute Gasteiger partial charge is 0.394 e. The number of aliphatic hydroxyl groups excluding tert-OH is 1. The summed E-state index contributed by atoms with van der Waals surface area (Å²) in [6.07, 6.45) is 0.727. The normalized spacial score (nSPS) is 27.7. The summed E-state index contributed by atoms with van der Waals surface area (Å²) < 4.78 is 5.55. The molecule has 5 nitrogen and oxygen atoms in total. The quantitative estimate of drug-likeness (QED) is 0.877. The number of carbonyl (C=O) groups excluding carboxylic acids is 1. The second-order valence-electron chi connectivity index (χ2n) is 5.94. The maximum absolute atomic E-state index is 12.2. The highest BCUT2D eigenvalue weighted by Crippen LogP contribution is 2.34. The number of rotatable bonds is 3. The fourth-order valence-electron chi connectivity index (χ4n) is 3.18. The Hall–Kier alpha value is -1.59. The minimum absolute atomic E-state index is 0.0360. The van der Waals surface area contributed by atoms with E-state index in [1.165, 1.54) is 11.1 Å². The standard InChI is InChI=1S/C16H22N2O3/c1-11-8-18(9-14(10-19)21-11)16(20)17-7-13-6-12-4-2-3-5-15(12)13/h2-5,11,13-14,19H,6-10H2,1H3,(H,17,20)/t11-,13+,14-/m1/s1. The number of hydrogen-bond donors (Lipinski definition) is 2. The summed E-state index contributed by atoms with van der Waals surface area (Å²) in [5.41, 5.74) is 2.73. The highest BCUT2D eigenvalue weighted by molar-refractivity contribution is 5.74. The predicted molar refractivity (Wildman–Crippen MR) is 79.3 cm³/mol. The maximum atomic E-state index is 12.2. The van der Waals surface area contributed by atoms with Gasteiger partial charge in [-0.1, -0.05) is 24.3 Å². The topological polar surface area (TPSA) is 61.8 Å². The summed E-state index contributed by atoms with van der Waals surface area (Å²) in [6.45, 7) is 3.57. The molecular weight excluding hydrogens is 268 g/mol. The van der Waals surface area contributed by atoms with Crippen LogP contribution in [-0.2, 0) is 11.2 Å². The minimum Gasteiger partial charge on any atom is -0.394 e. The third-order valence-electron chi connectivity index (χ3n) is 4.28. The van der Waals surface area contributed by atoms with E-state index in [1.807, 2.05) is 13.0 Å². The fraction of sp³-hybridized carbons (Fsp3) is 0.562. The number of amides is 2. The molecule has 5 heteroatoms. The van der Waals surface area contributed by atoms with Crippen LogP contribution < -0.4 is 5.32 Å².